The molecule has 96 valence electrons. The number of hydrogen-bond donors (Lipinski definition) is 1. The maximum Gasteiger partial charge on any atom is 0.306 e. The third kappa shape index (κ3) is 2.30. The summed E-state index contributed by atoms with van der Waals surface area (Å²) in [6, 6.07) is 5.81. The highest BCUT2D eigenvalue weighted by Crippen LogP contribution is 2.34. The predicted octanol–water partition coefficient (Wildman–Crippen LogP) is 2.99. The minimum atomic E-state index is -0.771. The molecule has 0 saturated heterocycles. The van der Waals surface area contributed by atoms with E-state index in [-0.39, 0.29) is 17.6 Å². The largest absolute Gasteiger partial charge is 0.481 e. The lowest BCUT2D eigenvalue weighted by Crippen LogP contribution is -2.16. The molecule has 0 aliphatic heterocycles. The Balaban J connectivity index is 2.21. The van der Waals surface area contributed by atoms with Gasteiger partial charge in [0.15, 0.2) is 5.78 Å². The van der Waals surface area contributed by atoms with Crippen LogP contribution in [0.3, 0.4) is 0 Å². The number of rotatable bonds is 3. The number of carboxylic acids is 1. The lowest BCUT2D eigenvalue weighted by molar-refractivity contribution is -0.141. The van der Waals surface area contributed by atoms with E-state index < -0.39 is 5.97 Å². The Bertz CT molecular complexity index is 470. The van der Waals surface area contributed by atoms with Crippen LogP contribution in [0.1, 0.15) is 40.7 Å². The summed E-state index contributed by atoms with van der Waals surface area (Å²) in [5, 5.41) is 8.98. The number of carbonyl (C=O) groups is 2. The highest BCUT2D eigenvalue weighted by atomic mass is 16.4. The maximum atomic E-state index is 12.5. The molecule has 1 saturated carbocycles. The summed E-state index contributed by atoms with van der Waals surface area (Å²) < 4.78 is 0. The Morgan fingerprint density at radius 3 is 2.17 bits per heavy atom. The lowest BCUT2D eigenvalue weighted by Gasteiger charge is -2.13. The van der Waals surface area contributed by atoms with Crippen LogP contribution in [-0.2, 0) is 4.79 Å². The number of Topliss-reactive ketones (excluding diaryl/α,β-unsaturated/α-hetero) is 1. The molecule has 2 rings (SSSR count). The van der Waals surface area contributed by atoms with Gasteiger partial charge in [0.25, 0.3) is 0 Å². The first-order valence-corrected chi connectivity index (χ1v) is 6.34. The minimum absolute atomic E-state index is 0.120. The summed E-state index contributed by atoms with van der Waals surface area (Å²) in [5.74, 6) is -1.12. The molecule has 1 fully saturated rings. The second-order valence-corrected chi connectivity index (χ2v) is 5.18. The molecule has 3 nitrogen and oxygen atoms in total. The van der Waals surface area contributed by atoms with Crippen molar-refractivity contribution in [2.24, 2.45) is 11.8 Å². The monoisotopic (exact) mass is 246 g/mol. The summed E-state index contributed by atoms with van der Waals surface area (Å²) in [5.41, 5.74) is 2.76. The Labute approximate surface area is 107 Å². The second kappa shape index (κ2) is 4.92. The van der Waals surface area contributed by atoms with Gasteiger partial charge in [-0.1, -0.05) is 18.2 Å². The molecule has 0 spiro atoms. The van der Waals surface area contributed by atoms with E-state index in [1.807, 2.05) is 32.0 Å². The van der Waals surface area contributed by atoms with Crippen molar-refractivity contribution < 1.29 is 14.7 Å². The fourth-order valence-electron chi connectivity index (χ4n) is 2.85. The molecule has 2 atom stereocenters. The molecule has 1 aliphatic carbocycles. The summed E-state index contributed by atoms with van der Waals surface area (Å²) in [6.07, 6.45) is 1.81. The molecule has 2 unspecified atom stereocenters. The SMILES string of the molecule is Cc1cccc(C)c1C(=O)C1CCC(C(=O)O)C1. The first-order chi connectivity index (χ1) is 8.50. The first-order valence-electron chi connectivity index (χ1n) is 6.34. The van der Waals surface area contributed by atoms with Crippen molar-refractivity contribution in [2.75, 3.05) is 0 Å². The fraction of sp³-hybridized carbons (Fsp3) is 0.467. The molecule has 0 bridgehead atoms. The van der Waals surface area contributed by atoms with E-state index in [1.54, 1.807) is 0 Å². The van der Waals surface area contributed by atoms with Gasteiger partial charge in [0.2, 0.25) is 0 Å². The van der Waals surface area contributed by atoms with Gasteiger partial charge >= 0.3 is 5.97 Å². The van der Waals surface area contributed by atoms with Crippen molar-refractivity contribution in [3.63, 3.8) is 0 Å². The van der Waals surface area contributed by atoms with Crippen molar-refractivity contribution in [3.05, 3.63) is 34.9 Å². The van der Waals surface area contributed by atoms with Gasteiger partial charge in [0.1, 0.15) is 0 Å². The highest BCUT2D eigenvalue weighted by Gasteiger charge is 2.34. The average molecular weight is 246 g/mol. The molecule has 0 radical (unpaired) electrons. The lowest BCUT2D eigenvalue weighted by atomic mass is 9.90. The van der Waals surface area contributed by atoms with Gasteiger partial charge in [0.05, 0.1) is 5.92 Å². The number of aliphatic carboxylic acids is 1. The van der Waals surface area contributed by atoms with E-state index in [2.05, 4.69) is 0 Å². The molecule has 3 heteroatoms. The van der Waals surface area contributed by atoms with Crippen LogP contribution in [0.25, 0.3) is 0 Å². The highest BCUT2D eigenvalue weighted by molar-refractivity contribution is 6.00. The summed E-state index contributed by atoms with van der Waals surface area (Å²) >= 11 is 0. The summed E-state index contributed by atoms with van der Waals surface area (Å²) in [6.45, 7) is 3.87. The van der Waals surface area contributed by atoms with Crippen LogP contribution < -0.4 is 0 Å². The fourth-order valence-corrected chi connectivity index (χ4v) is 2.85. The van der Waals surface area contributed by atoms with Gasteiger partial charge in [-0.15, -0.1) is 0 Å². The number of carboxylic acid groups (broad SMARTS) is 1. The molecule has 1 aromatic carbocycles. The van der Waals surface area contributed by atoms with Crippen LogP contribution in [0.15, 0.2) is 18.2 Å². The van der Waals surface area contributed by atoms with Gasteiger partial charge in [-0.05, 0) is 44.2 Å². The Hall–Kier alpha value is -1.64. The average Bonchev–Trinajstić information content (AvgIpc) is 2.77. The number of carbonyl (C=O) groups excluding carboxylic acids is 1. The quantitative estimate of drug-likeness (QED) is 0.834. The van der Waals surface area contributed by atoms with E-state index in [0.29, 0.717) is 19.3 Å². The van der Waals surface area contributed by atoms with E-state index >= 15 is 0 Å². The van der Waals surface area contributed by atoms with Gasteiger partial charge in [-0.2, -0.15) is 0 Å². The van der Waals surface area contributed by atoms with E-state index in [9.17, 15) is 9.59 Å². The molecule has 1 aliphatic rings. The molecule has 1 N–H and O–H groups in total. The number of hydrogen-bond acceptors (Lipinski definition) is 2. The van der Waals surface area contributed by atoms with Gasteiger partial charge in [-0.25, -0.2) is 0 Å². The molecule has 0 amide bonds. The van der Waals surface area contributed by atoms with Crippen LogP contribution in [0.4, 0.5) is 0 Å². The normalized spacial score (nSPS) is 23.0. The standard InChI is InChI=1S/C15H18O3/c1-9-4-3-5-10(2)13(9)14(16)11-6-7-12(8-11)15(17)18/h3-5,11-12H,6-8H2,1-2H3,(H,17,18). The molecular weight excluding hydrogens is 228 g/mol. The maximum absolute atomic E-state index is 12.5. The zero-order chi connectivity index (χ0) is 13.3. The number of aryl methyl sites for hydroxylation is 2. The van der Waals surface area contributed by atoms with Crippen molar-refractivity contribution in [3.8, 4) is 0 Å². The van der Waals surface area contributed by atoms with Crippen LogP contribution in [0.2, 0.25) is 0 Å². The molecular formula is C15H18O3. The molecule has 0 aromatic heterocycles. The predicted molar refractivity (Wildman–Crippen MR) is 68.7 cm³/mol. The van der Waals surface area contributed by atoms with E-state index in [4.69, 9.17) is 5.11 Å². The number of benzene rings is 1. The van der Waals surface area contributed by atoms with Crippen molar-refractivity contribution in [1.82, 2.24) is 0 Å². The van der Waals surface area contributed by atoms with Gasteiger partial charge in [0, 0.05) is 11.5 Å². The van der Waals surface area contributed by atoms with Crippen LogP contribution in [-0.4, -0.2) is 16.9 Å². The van der Waals surface area contributed by atoms with Crippen LogP contribution in [0, 0.1) is 25.7 Å². The smallest absolute Gasteiger partial charge is 0.306 e. The van der Waals surface area contributed by atoms with E-state index in [1.165, 1.54) is 0 Å². The third-order valence-electron chi connectivity index (χ3n) is 3.88. The second-order valence-electron chi connectivity index (χ2n) is 5.18. The zero-order valence-corrected chi connectivity index (χ0v) is 10.8. The molecule has 18 heavy (non-hydrogen) atoms. The Morgan fingerprint density at radius 1 is 1.11 bits per heavy atom. The molecule has 0 heterocycles. The van der Waals surface area contributed by atoms with Crippen molar-refractivity contribution >= 4 is 11.8 Å². The van der Waals surface area contributed by atoms with E-state index in [0.717, 1.165) is 16.7 Å². The summed E-state index contributed by atoms with van der Waals surface area (Å²) in [4.78, 5) is 23.4. The molecule has 1 aromatic rings. The Kier molecular flexibility index (Phi) is 3.50. The number of ketones is 1. The topological polar surface area (TPSA) is 54.4 Å². The van der Waals surface area contributed by atoms with Gasteiger partial charge < -0.3 is 5.11 Å². The van der Waals surface area contributed by atoms with Gasteiger partial charge in [-0.3, -0.25) is 9.59 Å². The Morgan fingerprint density at radius 2 is 1.67 bits per heavy atom. The van der Waals surface area contributed by atoms with Crippen LogP contribution in [0.5, 0.6) is 0 Å². The third-order valence-corrected chi connectivity index (χ3v) is 3.88. The zero-order valence-electron chi connectivity index (χ0n) is 10.8. The van der Waals surface area contributed by atoms with Crippen molar-refractivity contribution in [1.29, 1.82) is 0 Å². The van der Waals surface area contributed by atoms with Crippen molar-refractivity contribution in [2.45, 2.75) is 33.1 Å². The minimum Gasteiger partial charge on any atom is -0.481 e. The van der Waals surface area contributed by atoms with Crippen LogP contribution >= 0.6 is 0 Å². The first kappa shape index (κ1) is 12.8. The summed E-state index contributed by atoms with van der Waals surface area (Å²) in [7, 11) is 0.